The second-order valence-corrected chi connectivity index (χ2v) is 6.75. The minimum absolute atomic E-state index is 0.148. The second-order valence-electron chi connectivity index (χ2n) is 5.78. The van der Waals surface area contributed by atoms with Gasteiger partial charge in [0.1, 0.15) is 0 Å². The van der Waals surface area contributed by atoms with Crippen LogP contribution in [0.1, 0.15) is 43.9 Å². The molecule has 118 valence electrons. The quantitative estimate of drug-likeness (QED) is 0.559. The highest BCUT2D eigenvalue weighted by Crippen LogP contribution is 2.24. The summed E-state index contributed by atoms with van der Waals surface area (Å²) in [6.07, 6.45) is 3.04. The fraction of sp³-hybridized carbons (Fsp3) is 0.688. The van der Waals surface area contributed by atoms with Gasteiger partial charge in [0.05, 0.1) is 12.6 Å². The van der Waals surface area contributed by atoms with Crippen molar-refractivity contribution in [3.05, 3.63) is 22.4 Å². The summed E-state index contributed by atoms with van der Waals surface area (Å²) >= 11 is 1.79. The van der Waals surface area contributed by atoms with Crippen molar-refractivity contribution < 1.29 is 5.11 Å². The molecule has 1 saturated carbocycles. The van der Waals surface area contributed by atoms with E-state index in [1.807, 2.05) is 0 Å². The Morgan fingerprint density at radius 2 is 2.33 bits per heavy atom. The van der Waals surface area contributed by atoms with Crippen molar-refractivity contribution in [1.29, 1.82) is 0 Å². The molecule has 1 aromatic heterocycles. The highest BCUT2D eigenvalue weighted by atomic mass is 32.1. The number of nitrogens with zero attached hydrogens (tertiary/aromatic N) is 1. The summed E-state index contributed by atoms with van der Waals surface area (Å²) < 4.78 is 0. The van der Waals surface area contributed by atoms with Crippen LogP contribution in [0.25, 0.3) is 0 Å². The standard InChI is InChI=1S/C16H27N3OS/c1-3-17-16(19-11-13-6-4-7-14(13)20)18-10-12(2)15-8-5-9-21-15/h5,8-9,12-14,20H,3-4,6-7,10-11H2,1-2H3,(H2,17,18,19). The molecule has 0 aliphatic heterocycles. The van der Waals surface area contributed by atoms with E-state index >= 15 is 0 Å². The van der Waals surface area contributed by atoms with E-state index in [0.29, 0.717) is 11.8 Å². The normalized spacial score (nSPS) is 24.0. The zero-order valence-electron chi connectivity index (χ0n) is 13.0. The Morgan fingerprint density at radius 1 is 1.48 bits per heavy atom. The maximum absolute atomic E-state index is 9.88. The van der Waals surface area contributed by atoms with Gasteiger partial charge in [-0.2, -0.15) is 0 Å². The average Bonchev–Trinajstić information content (AvgIpc) is 3.13. The first-order valence-corrected chi connectivity index (χ1v) is 8.82. The van der Waals surface area contributed by atoms with E-state index in [-0.39, 0.29) is 6.10 Å². The van der Waals surface area contributed by atoms with Crippen LogP contribution < -0.4 is 10.6 Å². The second kappa shape index (κ2) is 8.39. The first-order valence-electron chi connectivity index (χ1n) is 7.94. The number of rotatable bonds is 6. The van der Waals surface area contributed by atoms with Gasteiger partial charge in [-0.05, 0) is 31.2 Å². The van der Waals surface area contributed by atoms with E-state index < -0.39 is 0 Å². The summed E-state index contributed by atoms with van der Waals surface area (Å²) in [5.41, 5.74) is 0. The molecule has 0 saturated heterocycles. The van der Waals surface area contributed by atoms with Gasteiger partial charge in [-0.1, -0.05) is 19.4 Å². The van der Waals surface area contributed by atoms with Gasteiger partial charge in [0, 0.05) is 29.8 Å². The Morgan fingerprint density at radius 3 is 2.95 bits per heavy atom. The number of guanidine groups is 1. The lowest BCUT2D eigenvalue weighted by atomic mass is 10.1. The number of thiophene rings is 1. The SMILES string of the molecule is CCNC(=NCC(C)c1cccs1)NCC1CCCC1O. The maximum Gasteiger partial charge on any atom is 0.191 e. The van der Waals surface area contributed by atoms with Crippen LogP contribution >= 0.6 is 11.3 Å². The van der Waals surface area contributed by atoms with Gasteiger partial charge < -0.3 is 15.7 Å². The molecule has 0 spiro atoms. The number of aliphatic imine (C=N–C) groups is 1. The molecule has 0 aromatic carbocycles. The van der Waals surface area contributed by atoms with Crippen LogP contribution in [-0.2, 0) is 0 Å². The van der Waals surface area contributed by atoms with Gasteiger partial charge in [0.2, 0.25) is 0 Å². The Bertz CT molecular complexity index is 433. The van der Waals surface area contributed by atoms with Crippen molar-refractivity contribution in [1.82, 2.24) is 10.6 Å². The summed E-state index contributed by atoms with van der Waals surface area (Å²) in [7, 11) is 0. The van der Waals surface area contributed by atoms with E-state index in [0.717, 1.165) is 44.9 Å². The summed E-state index contributed by atoms with van der Waals surface area (Å²) in [6.45, 7) is 6.72. The van der Waals surface area contributed by atoms with Crippen molar-refractivity contribution in [2.45, 2.75) is 45.1 Å². The average molecular weight is 309 g/mol. The number of nitrogens with one attached hydrogen (secondary N) is 2. The van der Waals surface area contributed by atoms with Gasteiger partial charge >= 0.3 is 0 Å². The molecule has 3 N–H and O–H groups in total. The van der Waals surface area contributed by atoms with E-state index in [4.69, 9.17) is 0 Å². The smallest absolute Gasteiger partial charge is 0.191 e. The molecular weight excluding hydrogens is 282 g/mol. The lowest BCUT2D eigenvalue weighted by Gasteiger charge is -2.18. The molecule has 3 unspecified atom stereocenters. The third-order valence-electron chi connectivity index (χ3n) is 4.05. The lowest BCUT2D eigenvalue weighted by Crippen LogP contribution is -2.41. The molecule has 1 aliphatic rings. The van der Waals surface area contributed by atoms with Gasteiger partial charge in [0.25, 0.3) is 0 Å². The minimum atomic E-state index is -0.148. The Kier molecular flexibility index (Phi) is 6.51. The third-order valence-corrected chi connectivity index (χ3v) is 5.15. The van der Waals surface area contributed by atoms with Crippen LogP contribution in [0, 0.1) is 5.92 Å². The van der Waals surface area contributed by atoms with Crippen molar-refractivity contribution >= 4 is 17.3 Å². The summed E-state index contributed by atoms with van der Waals surface area (Å²) in [5.74, 6) is 1.67. The first kappa shape index (κ1) is 16.3. The third kappa shape index (κ3) is 5.00. The Hall–Kier alpha value is -1.07. The van der Waals surface area contributed by atoms with Gasteiger partial charge in [-0.15, -0.1) is 11.3 Å². The Balaban J connectivity index is 1.83. The molecule has 1 fully saturated rings. The molecule has 2 rings (SSSR count). The maximum atomic E-state index is 9.88. The predicted molar refractivity (Wildman–Crippen MR) is 90.1 cm³/mol. The number of aliphatic hydroxyl groups excluding tert-OH is 1. The van der Waals surface area contributed by atoms with E-state index in [1.165, 1.54) is 4.88 Å². The molecule has 1 aromatic rings. The molecule has 1 heterocycles. The van der Waals surface area contributed by atoms with Crippen molar-refractivity contribution in [2.24, 2.45) is 10.9 Å². The zero-order chi connectivity index (χ0) is 15.1. The van der Waals surface area contributed by atoms with Gasteiger partial charge in [-0.25, -0.2) is 0 Å². The van der Waals surface area contributed by atoms with Crippen LogP contribution in [0.3, 0.4) is 0 Å². The van der Waals surface area contributed by atoms with Crippen LogP contribution in [0.2, 0.25) is 0 Å². The van der Waals surface area contributed by atoms with Crippen LogP contribution in [-0.4, -0.2) is 36.8 Å². The number of hydrogen-bond acceptors (Lipinski definition) is 3. The molecule has 0 radical (unpaired) electrons. The summed E-state index contributed by atoms with van der Waals surface area (Å²) in [4.78, 5) is 6.05. The van der Waals surface area contributed by atoms with Crippen LogP contribution in [0.15, 0.2) is 22.5 Å². The molecule has 5 heteroatoms. The van der Waals surface area contributed by atoms with Gasteiger partial charge in [-0.3, -0.25) is 4.99 Å². The number of aliphatic hydroxyl groups is 1. The Labute approximate surface area is 131 Å². The molecule has 0 bridgehead atoms. The highest BCUT2D eigenvalue weighted by Gasteiger charge is 2.24. The molecule has 1 aliphatic carbocycles. The molecular formula is C16H27N3OS. The molecule has 21 heavy (non-hydrogen) atoms. The van der Waals surface area contributed by atoms with E-state index in [2.05, 4.69) is 47.0 Å². The zero-order valence-corrected chi connectivity index (χ0v) is 13.8. The monoisotopic (exact) mass is 309 g/mol. The predicted octanol–water partition coefficient (Wildman–Crippen LogP) is 2.57. The van der Waals surface area contributed by atoms with E-state index in [1.54, 1.807) is 11.3 Å². The molecule has 0 amide bonds. The van der Waals surface area contributed by atoms with Crippen LogP contribution in [0.4, 0.5) is 0 Å². The van der Waals surface area contributed by atoms with Gasteiger partial charge in [0.15, 0.2) is 5.96 Å². The summed E-state index contributed by atoms with van der Waals surface area (Å²) in [6, 6.07) is 4.26. The van der Waals surface area contributed by atoms with Crippen LogP contribution in [0.5, 0.6) is 0 Å². The first-order chi connectivity index (χ1) is 10.2. The molecule has 3 atom stereocenters. The van der Waals surface area contributed by atoms with Crippen molar-refractivity contribution in [3.8, 4) is 0 Å². The highest BCUT2D eigenvalue weighted by molar-refractivity contribution is 7.10. The fourth-order valence-corrected chi connectivity index (χ4v) is 3.49. The topological polar surface area (TPSA) is 56.7 Å². The van der Waals surface area contributed by atoms with Crippen molar-refractivity contribution in [3.63, 3.8) is 0 Å². The van der Waals surface area contributed by atoms with E-state index in [9.17, 15) is 5.11 Å². The largest absolute Gasteiger partial charge is 0.393 e. The summed E-state index contributed by atoms with van der Waals surface area (Å²) in [5, 5.41) is 18.6. The number of hydrogen-bond donors (Lipinski definition) is 3. The lowest BCUT2D eigenvalue weighted by molar-refractivity contribution is 0.134. The van der Waals surface area contributed by atoms with Crippen molar-refractivity contribution in [2.75, 3.05) is 19.6 Å². The molecule has 4 nitrogen and oxygen atoms in total. The fourth-order valence-electron chi connectivity index (χ4n) is 2.71. The minimum Gasteiger partial charge on any atom is -0.393 e.